The highest BCUT2D eigenvalue weighted by Crippen LogP contribution is 2.30. The maximum atomic E-state index is 12.8. The van der Waals surface area contributed by atoms with E-state index in [2.05, 4.69) is 20.6 Å². The molecule has 0 bridgehead atoms. The number of rotatable bonds is 4. The second-order valence-electron chi connectivity index (χ2n) is 7.49. The number of aryl methyl sites for hydroxylation is 1. The van der Waals surface area contributed by atoms with Crippen LogP contribution in [0.25, 0.3) is 23.0 Å². The van der Waals surface area contributed by atoms with Crippen LogP contribution >= 0.6 is 0 Å². The third-order valence-electron chi connectivity index (χ3n) is 5.46. The van der Waals surface area contributed by atoms with Crippen LogP contribution < -0.4 is 5.32 Å². The van der Waals surface area contributed by atoms with E-state index < -0.39 is 0 Å². The van der Waals surface area contributed by atoms with E-state index in [0.717, 1.165) is 28.8 Å². The Bertz CT molecular complexity index is 1200. The van der Waals surface area contributed by atoms with Crippen molar-refractivity contribution in [3.8, 4) is 23.0 Å². The van der Waals surface area contributed by atoms with Crippen LogP contribution in [-0.2, 0) is 26.6 Å². The van der Waals surface area contributed by atoms with Gasteiger partial charge in [-0.2, -0.15) is 5.10 Å². The minimum absolute atomic E-state index is 0.0974. The summed E-state index contributed by atoms with van der Waals surface area (Å²) in [6.07, 6.45) is 0.720. The summed E-state index contributed by atoms with van der Waals surface area (Å²) in [5, 5.41) is 16.0. The normalized spacial score (nSPS) is 13.1. The smallest absolute Gasteiger partial charge is 0.317 e. The number of fused-ring (bicyclic) bond motifs is 1. The summed E-state index contributed by atoms with van der Waals surface area (Å²) < 4.78 is 7.76. The SMILES string of the molecule is Cn1nc(-c2nnc(-c3ccccc3)o2)c2c1CCN(C(=O)NCc1ccccc1)C2. The maximum absolute atomic E-state index is 12.8. The molecule has 0 saturated heterocycles. The van der Waals surface area contributed by atoms with Crippen molar-refractivity contribution in [1.29, 1.82) is 0 Å². The van der Waals surface area contributed by atoms with Gasteiger partial charge in [-0.05, 0) is 17.7 Å². The maximum Gasteiger partial charge on any atom is 0.317 e. The number of amides is 2. The Balaban J connectivity index is 1.36. The van der Waals surface area contributed by atoms with Crippen molar-refractivity contribution in [2.24, 2.45) is 7.05 Å². The van der Waals surface area contributed by atoms with E-state index in [1.54, 1.807) is 4.90 Å². The summed E-state index contributed by atoms with van der Waals surface area (Å²) in [7, 11) is 1.90. The molecule has 1 N–H and O–H groups in total. The quantitative estimate of drug-likeness (QED) is 0.553. The fourth-order valence-corrected chi connectivity index (χ4v) is 3.84. The number of carbonyl (C=O) groups excluding carboxylic acids is 1. The molecule has 8 nitrogen and oxygen atoms in total. The molecule has 5 rings (SSSR count). The zero-order chi connectivity index (χ0) is 21.2. The van der Waals surface area contributed by atoms with Crippen molar-refractivity contribution >= 4 is 6.03 Å². The highest BCUT2D eigenvalue weighted by Gasteiger charge is 2.29. The van der Waals surface area contributed by atoms with Gasteiger partial charge in [0.05, 0.1) is 6.54 Å². The predicted molar refractivity (Wildman–Crippen MR) is 115 cm³/mol. The molecule has 0 radical (unpaired) electrons. The van der Waals surface area contributed by atoms with E-state index in [1.807, 2.05) is 72.4 Å². The van der Waals surface area contributed by atoms with Gasteiger partial charge in [0.2, 0.25) is 5.89 Å². The van der Waals surface area contributed by atoms with Gasteiger partial charge in [-0.3, -0.25) is 4.68 Å². The standard InChI is InChI=1S/C23H22N6O2/c1-28-19-12-13-29(23(30)24-14-16-8-4-2-5-9-16)15-18(19)20(27-28)22-26-25-21(31-22)17-10-6-3-7-11-17/h2-11H,12-15H2,1H3,(H,24,30). The van der Waals surface area contributed by atoms with Crippen LogP contribution in [0.3, 0.4) is 0 Å². The van der Waals surface area contributed by atoms with E-state index in [9.17, 15) is 4.79 Å². The lowest BCUT2D eigenvalue weighted by molar-refractivity contribution is 0.191. The van der Waals surface area contributed by atoms with Crippen LogP contribution in [0.15, 0.2) is 65.1 Å². The number of aromatic nitrogens is 4. The van der Waals surface area contributed by atoms with Gasteiger partial charge in [0.1, 0.15) is 0 Å². The molecule has 2 aromatic carbocycles. The first kappa shape index (κ1) is 19.0. The molecular weight excluding hydrogens is 392 g/mol. The molecule has 1 aliphatic heterocycles. The Kier molecular flexibility index (Phi) is 4.95. The summed E-state index contributed by atoms with van der Waals surface area (Å²) in [6.45, 7) is 1.57. The molecular formula is C23H22N6O2. The van der Waals surface area contributed by atoms with Gasteiger partial charge in [0.25, 0.3) is 5.89 Å². The Labute approximate surface area is 179 Å². The largest absolute Gasteiger partial charge is 0.415 e. The minimum atomic E-state index is -0.0974. The first-order valence-electron chi connectivity index (χ1n) is 10.2. The van der Waals surface area contributed by atoms with Crippen LogP contribution in [0.1, 0.15) is 16.8 Å². The summed E-state index contributed by atoms with van der Waals surface area (Å²) >= 11 is 0. The summed E-state index contributed by atoms with van der Waals surface area (Å²) in [5.41, 5.74) is 4.59. The van der Waals surface area contributed by atoms with Gasteiger partial charge < -0.3 is 14.6 Å². The third kappa shape index (κ3) is 3.79. The third-order valence-corrected chi connectivity index (χ3v) is 5.46. The van der Waals surface area contributed by atoms with Crippen LogP contribution in [0.2, 0.25) is 0 Å². The van der Waals surface area contributed by atoms with E-state index in [-0.39, 0.29) is 6.03 Å². The summed E-state index contributed by atoms with van der Waals surface area (Å²) in [6, 6.07) is 19.4. The monoisotopic (exact) mass is 414 g/mol. The van der Waals surface area contributed by atoms with Crippen molar-refractivity contribution < 1.29 is 9.21 Å². The molecule has 2 amide bonds. The zero-order valence-corrected chi connectivity index (χ0v) is 17.2. The van der Waals surface area contributed by atoms with Crippen molar-refractivity contribution in [1.82, 2.24) is 30.2 Å². The van der Waals surface area contributed by atoms with Crippen molar-refractivity contribution in [2.75, 3.05) is 6.54 Å². The lowest BCUT2D eigenvalue weighted by Crippen LogP contribution is -2.42. The number of benzene rings is 2. The van der Waals surface area contributed by atoms with Crippen LogP contribution in [0, 0.1) is 0 Å². The summed E-state index contributed by atoms with van der Waals surface area (Å²) in [4.78, 5) is 14.6. The van der Waals surface area contributed by atoms with E-state index in [4.69, 9.17) is 4.42 Å². The van der Waals surface area contributed by atoms with E-state index >= 15 is 0 Å². The molecule has 0 fully saturated rings. The Morgan fingerprint density at radius 3 is 2.52 bits per heavy atom. The average molecular weight is 414 g/mol. The molecule has 8 heteroatoms. The lowest BCUT2D eigenvalue weighted by Gasteiger charge is -2.27. The van der Waals surface area contributed by atoms with Crippen LogP contribution in [-0.4, -0.2) is 37.5 Å². The average Bonchev–Trinajstić information content (AvgIpc) is 3.43. The van der Waals surface area contributed by atoms with Crippen molar-refractivity contribution in [3.05, 3.63) is 77.5 Å². The highest BCUT2D eigenvalue weighted by molar-refractivity contribution is 5.75. The second kappa shape index (κ2) is 8.06. The molecule has 0 aliphatic carbocycles. The Morgan fingerprint density at radius 2 is 1.74 bits per heavy atom. The Morgan fingerprint density at radius 1 is 1.03 bits per heavy atom. The molecule has 0 spiro atoms. The molecule has 2 aromatic heterocycles. The fraction of sp³-hybridized carbons (Fsp3) is 0.217. The molecule has 0 saturated carbocycles. The minimum Gasteiger partial charge on any atom is -0.415 e. The number of hydrogen-bond acceptors (Lipinski definition) is 5. The van der Waals surface area contributed by atoms with Gasteiger partial charge >= 0.3 is 6.03 Å². The number of carbonyl (C=O) groups is 1. The van der Waals surface area contributed by atoms with Crippen molar-refractivity contribution in [3.63, 3.8) is 0 Å². The highest BCUT2D eigenvalue weighted by atomic mass is 16.4. The molecule has 4 aromatic rings. The van der Waals surface area contributed by atoms with Gasteiger partial charge in [-0.15, -0.1) is 10.2 Å². The molecule has 156 valence electrons. The van der Waals surface area contributed by atoms with E-state index in [0.29, 0.717) is 37.1 Å². The molecule has 31 heavy (non-hydrogen) atoms. The fourth-order valence-electron chi connectivity index (χ4n) is 3.84. The number of urea groups is 1. The Hall–Kier alpha value is -3.94. The predicted octanol–water partition coefficient (Wildman–Crippen LogP) is 3.41. The topological polar surface area (TPSA) is 89.1 Å². The lowest BCUT2D eigenvalue weighted by atomic mass is 10.1. The van der Waals surface area contributed by atoms with Gasteiger partial charge in [0.15, 0.2) is 5.69 Å². The van der Waals surface area contributed by atoms with E-state index in [1.165, 1.54) is 0 Å². The second-order valence-corrected chi connectivity index (χ2v) is 7.49. The van der Waals surface area contributed by atoms with Crippen LogP contribution in [0.5, 0.6) is 0 Å². The number of hydrogen-bond donors (Lipinski definition) is 1. The van der Waals surface area contributed by atoms with Crippen LogP contribution in [0.4, 0.5) is 4.79 Å². The molecule has 1 aliphatic rings. The van der Waals surface area contributed by atoms with Gasteiger partial charge in [-0.25, -0.2) is 4.79 Å². The molecule has 3 heterocycles. The van der Waals surface area contributed by atoms with Gasteiger partial charge in [0, 0.05) is 43.4 Å². The number of nitrogens with zero attached hydrogens (tertiary/aromatic N) is 5. The molecule has 0 unspecified atom stereocenters. The zero-order valence-electron chi connectivity index (χ0n) is 17.2. The summed E-state index contributed by atoms with van der Waals surface area (Å²) in [5.74, 6) is 0.811. The van der Waals surface area contributed by atoms with Gasteiger partial charge in [-0.1, -0.05) is 48.5 Å². The molecule has 0 atom stereocenters. The number of nitrogens with one attached hydrogen (secondary N) is 1. The first-order chi connectivity index (χ1) is 15.2. The first-order valence-corrected chi connectivity index (χ1v) is 10.2. The van der Waals surface area contributed by atoms with Crippen molar-refractivity contribution in [2.45, 2.75) is 19.5 Å².